The van der Waals surface area contributed by atoms with Crippen molar-refractivity contribution in [2.24, 2.45) is 7.05 Å². The van der Waals surface area contributed by atoms with E-state index in [0.29, 0.717) is 35.1 Å². The van der Waals surface area contributed by atoms with Gasteiger partial charge in [0.15, 0.2) is 0 Å². The Hall–Kier alpha value is -3.94. The number of carbonyl (C=O) groups excluding carboxylic acids is 1. The average Bonchev–Trinajstić information content (AvgIpc) is 3.56. The van der Waals surface area contributed by atoms with Crippen LogP contribution in [0.4, 0.5) is 18.9 Å². The van der Waals surface area contributed by atoms with Gasteiger partial charge in [0, 0.05) is 62.2 Å². The van der Waals surface area contributed by atoms with E-state index in [4.69, 9.17) is 16.3 Å². The molecule has 1 aliphatic rings. The number of methoxy groups -OCH3 is 1. The summed E-state index contributed by atoms with van der Waals surface area (Å²) >= 11 is 6.44. The van der Waals surface area contributed by atoms with E-state index in [2.05, 4.69) is 30.5 Å². The quantitative estimate of drug-likeness (QED) is 0.329. The van der Waals surface area contributed by atoms with Crippen LogP contribution in [0.15, 0.2) is 42.7 Å². The highest BCUT2D eigenvalue weighted by molar-refractivity contribution is 6.32. The Balaban J connectivity index is 1.45. The van der Waals surface area contributed by atoms with Crippen LogP contribution >= 0.6 is 11.6 Å². The van der Waals surface area contributed by atoms with E-state index in [-0.39, 0.29) is 23.5 Å². The standard InChI is InChI=1S/C28H30ClF3N8O2/c1-17-21(14-33-38(17)3)24-16-40(36-35-24)25-12-18(5-6-22(25)29)27(41)34-23-13-20(28(30,31)32)11-19(26(23)42-4)15-39-9-7-37(2)8-10-39/h5-6,11-14,16H,7-10,15H2,1-4H3,(H,34,41). The number of carbonyl (C=O) groups is 1. The molecule has 1 amide bonds. The molecule has 42 heavy (non-hydrogen) atoms. The fourth-order valence-corrected chi connectivity index (χ4v) is 5.03. The predicted octanol–water partition coefficient (Wildman–Crippen LogP) is 4.66. The highest BCUT2D eigenvalue weighted by Crippen LogP contribution is 2.39. The minimum absolute atomic E-state index is 0.0759. The van der Waals surface area contributed by atoms with E-state index in [0.717, 1.165) is 36.5 Å². The Kier molecular flexibility index (Phi) is 8.26. The lowest BCUT2D eigenvalue weighted by molar-refractivity contribution is -0.137. The number of rotatable bonds is 7. The smallest absolute Gasteiger partial charge is 0.416 e. The Labute approximate surface area is 245 Å². The molecule has 14 heteroatoms. The van der Waals surface area contributed by atoms with E-state index in [1.54, 1.807) is 17.1 Å². The number of aromatic nitrogens is 5. The lowest BCUT2D eigenvalue weighted by atomic mass is 10.1. The highest BCUT2D eigenvalue weighted by Gasteiger charge is 2.33. The summed E-state index contributed by atoms with van der Waals surface area (Å²) in [6.45, 7) is 5.17. The van der Waals surface area contributed by atoms with E-state index < -0.39 is 17.6 Å². The van der Waals surface area contributed by atoms with Crippen molar-refractivity contribution in [1.82, 2.24) is 34.6 Å². The van der Waals surface area contributed by atoms with Crippen LogP contribution in [0.3, 0.4) is 0 Å². The Morgan fingerprint density at radius 3 is 2.50 bits per heavy atom. The van der Waals surface area contributed by atoms with Crippen LogP contribution in [0, 0.1) is 6.92 Å². The summed E-state index contributed by atoms with van der Waals surface area (Å²) in [5.74, 6) is -0.461. The molecule has 1 aliphatic heterocycles. The number of amides is 1. The third-order valence-corrected chi connectivity index (χ3v) is 7.71. The Morgan fingerprint density at radius 2 is 1.86 bits per heavy atom. The van der Waals surface area contributed by atoms with Gasteiger partial charge >= 0.3 is 6.18 Å². The maximum Gasteiger partial charge on any atom is 0.416 e. The first-order chi connectivity index (χ1) is 19.9. The van der Waals surface area contributed by atoms with Crippen molar-refractivity contribution in [3.8, 4) is 22.7 Å². The number of halogens is 4. The predicted molar refractivity (Wildman–Crippen MR) is 152 cm³/mol. The van der Waals surface area contributed by atoms with Crippen molar-refractivity contribution in [1.29, 1.82) is 0 Å². The van der Waals surface area contributed by atoms with Crippen LogP contribution in [0.1, 0.15) is 27.2 Å². The largest absolute Gasteiger partial charge is 0.494 e. The molecule has 1 N–H and O–H groups in total. The maximum absolute atomic E-state index is 13.9. The zero-order valence-corrected chi connectivity index (χ0v) is 24.3. The van der Waals surface area contributed by atoms with E-state index in [1.165, 1.54) is 30.0 Å². The number of ether oxygens (including phenoxy) is 1. The van der Waals surface area contributed by atoms with Gasteiger partial charge in [-0.25, -0.2) is 4.68 Å². The SMILES string of the molecule is COc1c(CN2CCN(C)CC2)cc(C(F)(F)F)cc1NC(=O)c1ccc(Cl)c(-n2cc(-c3cnn(C)c3C)nn2)c1. The Bertz CT molecular complexity index is 1610. The lowest BCUT2D eigenvalue weighted by Gasteiger charge is -2.33. The molecule has 10 nitrogen and oxygen atoms in total. The number of hydrogen-bond donors (Lipinski definition) is 1. The topological polar surface area (TPSA) is 93.3 Å². The second-order valence-corrected chi connectivity index (χ2v) is 10.6. The van der Waals surface area contributed by atoms with Crippen molar-refractivity contribution < 1.29 is 22.7 Å². The number of nitrogens with one attached hydrogen (secondary N) is 1. The number of piperazine rings is 1. The molecule has 0 aliphatic carbocycles. The first kappa shape index (κ1) is 29.5. The third kappa shape index (κ3) is 6.13. The number of alkyl halides is 3. The minimum atomic E-state index is -4.62. The van der Waals surface area contributed by atoms with Gasteiger partial charge in [0.25, 0.3) is 5.91 Å². The van der Waals surface area contributed by atoms with Gasteiger partial charge in [-0.1, -0.05) is 16.8 Å². The zero-order valence-electron chi connectivity index (χ0n) is 23.5. The van der Waals surface area contributed by atoms with Crippen molar-refractivity contribution >= 4 is 23.2 Å². The molecule has 0 radical (unpaired) electrons. The Morgan fingerprint density at radius 1 is 1.12 bits per heavy atom. The van der Waals surface area contributed by atoms with Crippen LogP contribution in [0.25, 0.3) is 16.9 Å². The molecule has 222 valence electrons. The molecule has 1 saturated heterocycles. The summed E-state index contributed by atoms with van der Waals surface area (Å²) in [5, 5.41) is 15.5. The van der Waals surface area contributed by atoms with Gasteiger partial charge in [0.2, 0.25) is 0 Å². The summed E-state index contributed by atoms with van der Waals surface area (Å²) in [4.78, 5) is 17.6. The van der Waals surface area contributed by atoms with Crippen molar-refractivity contribution in [2.45, 2.75) is 19.6 Å². The van der Waals surface area contributed by atoms with Crippen LogP contribution in [-0.2, 0) is 19.8 Å². The average molecular weight is 603 g/mol. The van der Waals surface area contributed by atoms with Crippen LogP contribution in [0.5, 0.6) is 5.75 Å². The van der Waals surface area contributed by atoms with E-state index >= 15 is 0 Å². The number of nitrogens with zero attached hydrogens (tertiary/aromatic N) is 7. The van der Waals surface area contributed by atoms with E-state index in [9.17, 15) is 18.0 Å². The monoisotopic (exact) mass is 602 g/mol. The summed E-state index contributed by atoms with van der Waals surface area (Å²) in [6, 6.07) is 6.47. The lowest BCUT2D eigenvalue weighted by Crippen LogP contribution is -2.43. The molecule has 0 atom stereocenters. The molecule has 0 saturated carbocycles. The van der Waals surface area contributed by atoms with Gasteiger partial charge in [-0.15, -0.1) is 5.10 Å². The van der Waals surface area contributed by atoms with Crippen molar-refractivity contribution in [3.63, 3.8) is 0 Å². The molecule has 0 spiro atoms. The number of anilines is 1. The van der Waals surface area contributed by atoms with Gasteiger partial charge in [-0.2, -0.15) is 18.3 Å². The second kappa shape index (κ2) is 11.7. The van der Waals surface area contributed by atoms with Gasteiger partial charge in [-0.3, -0.25) is 14.4 Å². The molecular formula is C28H30ClF3N8O2. The molecule has 4 aromatic rings. The number of aryl methyl sites for hydroxylation is 1. The maximum atomic E-state index is 13.9. The normalized spacial score (nSPS) is 14.8. The van der Waals surface area contributed by atoms with Gasteiger partial charge in [-0.05, 0) is 44.3 Å². The van der Waals surface area contributed by atoms with Crippen LogP contribution < -0.4 is 10.1 Å². The van der Waals surface area contributed by atoms with Crippen LogP contribution in [0.2, 0.25) is 5.02 Å². The first-order valence-corrected chi connectivity index (χ1v) is 13.5. The summed E-state index contributed by atoms with van der Waals surface area (Å²) in [7, 11) is 5.19. The van der Waals surface area contributed by atoms with Crippen molar-refractivity contribution in [3.05, 3.63) is 70.1 Å². The van der Waals surface area contributed by atoms with Crippen molar-refractivity contribution in [2.75, 3.05) is 45.7 Å². The second-order valence-electron chi connectivity index (χ2n) is 10.2. The van der Waals surface area contributed by atoms with E-state index in [1.807, 2.05) is 21.0 Å². The summed E-state index contributed by atoms with van der Waals surface area (Å²) in [6.07, 6.45) is -1.28. The van der Waals surface area contributed by atoms with Gasteiger partial charge < -0.3 is 15.0 Å². The molecule has 2 aromatic carbocycles. The highest BCUT2D eigenvalue weighted by atomic mass is 35.5. The molecule has 0 bridgehead atoms. The number of likely N-dealkylation sites (N-methyl/N-ethyl adjacent to an activating group) is 1. The van der Waals surface area contributed by atoms with Gasteiger partial charge in [0.1, 0.15) is 11.4 Å². The summed E-state index contributed by atoms with van der Waals surface area (Å²) in [5.41, 5.74) is 2.16. The van der Waals surface area contributed by atoms with Gasteiger partial charge in [0.05, 0.1) is 41.5 Å². The zero-order chi connectivity index (χ0) is 30.2. The molecule has 3 heterocycles. The first-order valence-electron chi connectivity index (χ1n) is 13.2. The fourth-order valence-electron chi connectivity index (χ4n) is 4.83. The minimum Gasteiger partial charge on any atom is -0.494 e. The number of hydrogen-bond acceptors (Lipinski definition) is 7. The van der Waals surface area contributed by atoms with Crippen LogP contribution in [-0.4, -0.2) is 80.8 Å². The fraction of sp³-hybridized carbons (Fsp3) is 0.357. The molecular weight excluding hydrogens is 573 g/mol. The molecule has 0 unspecified atom stereocenters. The summed E-state index contributed by atoms with van der Waals surface area (Å²) < 4.78 is 50.4. The molecule has 1 fully saturated rings. The molecule has 5 rings (SSSR count). The third-order valence-electron chi connectivity index (χ3n) is 7.40. The number of benzene rings is 2. The molecule has 2 aromatic heterocycles.